The van der Waals surface area contributed by atoms with E-state index in [1.54, 1.807) is 50.2 Å². The first-order valence-corrected chi connectivity index (χ1v) is 8.76. The highest BCUT2D eigenvalue weighted by Crippen LogP contribution is 2.42. The fourth-order valence-electron chi connectivity index (χ4n) is 2.86. The van der Waals surface area contributed by atoms with Gasteiger partial charge in [0.1, 0.15) is 5.54 Å². The van der Waals surface area contributed by atoms with Crippen LogP contribution < -0.4 is 0 Å². The van der Waals surface area contributed by atoms with Gasteiger partial charge in [0.2, 0.25) is 0 Å². The van der Waals surface area contributed by atoms with E-state index in [2.05, 4.69) is 4.40 Å². The van der Waals surface area contributed by atoms with Crippen molar-refractivity contribution < 1.29 is 17.9 Å². The van der Waals surface area contributed by atoms with Crippen molar-refractivity contribution in [3.8, 4) is 0 Å². The molecule has 0 aromatic heterocycles. The van der Waals surface area contributed by atoms with Gasteiger partial charge in [-0.2, -0.15) is 12.7 Å². The zero-order valence-electron chi connectivity index (χ0n) is 13.7. The normalized spacial score (nSPS) is 22.6. The predicted molar refractivity (Wildman–Crippen MR) is 87.3 cm³/mol. The second kappa shape index (κ2) is 6.19. The first kappa shape index (κ1) is 17.3. The van der Waals surface area contributed by atoms with Crippen molar-refractivity contribution in [2.45, 2.75) is 25.8 Å². The average Bonchev–Trinajstić information content (AvgIpc) is 2.76. The van der Waals surface area contributed by atoms with Crippen LogP contribution in [-0.4, -0.2) is 50.3 Å². The van der Waals surface area contributed by atoms with Crippen molar-refractivity contribution >= 4 is 22.1 Å². The van der Waals surface area contributed by atoms with E-state index >= 15 is 0 Å². The number of rotatable bonds is 3. The van der Waals surface area contributed by atoms with E-state index in [1.807, 2.05) is 13.0 Å². The molecular formula is C15H21N3O4S. The van der Waals surface area contributed by atoms with Crippen molar-refractivity contribution in [1.82, 2.24) is 9.21 Å². The zero-order chi connectivity index (χ0) is 17.3. The number of hydrogen-bond acceptors (Lipinski definition) is 5. The maximum absolute atomic E-state index is 12.6. The summed E-state index contributed by atoms with van der Waals surface area (Å²) in [4.78, 5) is 14.0. The van der Waals surface area contributed by atoms with E-state index in [0.29, 0.717) is 17.8 Å². The topological polar surface area (TPSA) is 79.3 Å². The van der Waals surface area contributed by atoms with Crippen LogP contribution in [0.3, 0.4) is 0 Å². The number of amidine groups is 1. The zero-order valence-corrected chi connectivity index (χ0v) is 14.5. The summed E-state index contributed by atoms with van der Waals surface area (Å²) in [5.41, 5.74) is -0.542. The first-order chi connectivity index (χ1) is 10.8. The molecule has 1 aromatic carbocycles. The minimum Gasteiger partial charge on any atom is -0.449 e. The summed E-state index contributed by atoms with van der Waals surface area (Å²) < 4.78 is 34.7. The lowest BCUT2D eigenvalue weighted by molar-refractivity contribution is 0.110. The van der Waals surface area contributed by atoms with Gasteiger partial charge in [-0.05, 0) is 18.9 Å². The van der Waals surface area contributed by atoms with Gasteiger partial charge in [0, 0.05) is 14.1 Å². The summed E-state index contributed by atoms with van der Waals surface area (Å²) in [5, 5.41) is 0. The molecule has 1 amide bonds. The molecule has 0 N–H and O–H groups in total. The van der Waals surface area contributed by atoms with Gasteiger partial charge in [0.25, 0.3) is 0 Å². The average molecular weight is 339 g/mol. The SMILES string of the molecule is CCOC(=O)N1C(CC)(c2ccccc2)C(N(C)C)=NS1(=O)=O. The molecule has 126 valence electrons. The largest absolute Gasteiger partial charge is 0.449 e. The Labute approximate surface area is 136 Å². The lowest BCUT2D eigenvalue weighted by atomic mass is 9.85. The van der Waals surface area contributed by atoms with Crippen LogP contribution in [0.1, 0.15) is 25.8 Å². The number of hydrogen-bond donors (Lipinski definition) is 0. The van der Waals surface area contributed by atoms with Crippen LogP contribution in [0.5, 0.6) is 0 Å². The van der Waals surface area contributed by atoms with Crippen molar-refractivity contribution in [2.75, 3.05) is 20.7 Å². The van der Waals surface area contributed by atoms with Gasteiger partial charge >= 0.3 is 16.3 Å². The molecular weight excluding hydrogens is 318 g/mol. The van der Waals surface area contributed by atoms with Gasteiger partial charge in [0.15, 0.2) is 5.84 Å². The molecule has 0 fully saturated rings. The number of ether oxygens (including phenoxy) is 1. The Morgan fingerprint density at radius 3 is 2.35 bits per heavy atom. The van der Waals surface area contributed by atoms with E-state index in [1.165, 1.54) is 0 Å². The second-order valence-corrected chi connectivity index (χ2v) is 6.77. The highest BCUT2D eigenvalue weighted by molar-refractivity contribution is 7.88. The van der Waals surface area contributed by atoms with Crippen LogP contribution in [0.25, 0.3) is 0 Å². The Morgan fingerprint density at radius 1 is 1.26 bits per heavy atom. The summed E-state index contributed by atoms with van der Waals surface area (Å²) in [6.45, 7) is 3.53. The Morgan fingerprint density at radius 2 is 1.87 bits per heavy atom. The van der Waals surface area contributed by atoms with Crippen molar-refractivity contribution in [3.05, 3.63) is 35.9 Å². The van der Waals surface area contributed by atoms with Crippen LogP contribution in [0, 0.1) is 0 Å². The van der Waals surface area contributed by atoms with Gasteiger partial charge in [0.05, 0.1) is 6.61 Å². The molecule has 0 spiro atoms. The van der Waals surface area contributed by atoms with Gasteiger partial charge in [-0.3, -0.25) is 0 Å². The fraction of sp³-hybridized carbons (Fsp3) is 0.467. The standard InChI is InChI=1S/C15H21N3O4S/c1-5-15(12-10-8-7-9-11-12)13(17(3)4)16-23(20,21)18(15)14(19)22-6-2/h7-11H,5-6H2,1-4H3. The van der Waals surface area contributed by atoms with E-state index in [4.69, 9.17) is 4.74 Å². The molecule has 1 aliphatic heterocycles. The van der Waals surface area contributed by atoms with Crippen LogP contribution >= 0.6 is 0 Å². The molecule has 8 heteroatoms. The summed E-state index contributed by atoms with van der Waals surface area (Å²) in [7, 11) is -0.756. The second-order valence-electron chi connectivity index (χ2n) is 5.33. The molecule has 7 nitrogen and oxygen atoms in total. The fourth-order valence-corrected chi connectivity index (χ4v) is 4.43. The van der Waals surface area contributed by atoms with Crippen molar-refractivity contribution in [3.63, 3.8) is 0 Å². The molecule has 0 saturated carbocycles. The van der Waals surface area contributed by atoms with Gasteiger partial charge < -0.3 is 9.64 Å². The van der Waals surface area contributed by atoms with Crippen molar-refractivity contribution in [2.24, 2.45) is 4.40 Å². The monoisotopic (exact) mass is 339 g/mol. The van der Waals surface area contributed by atoms with Gasteiger partial charge in [-0.25, -0.2) is 4.79 Å². The summed E-state index contributed by atoms with van der Waals surface area (Å²) in [5.74, 6) is 0.291. The number of carbonyl (C=O) groups excluding carboxylic acids is 1. The summed E-state index contributed by atoms with van der Waals surface area (Å²) >= 11 is 0. The quantitative estimate of drug-likeness (QED) is 0.841. The molecule has 23 heavy (non-hydrogen) atoms. The molecule has 1 heterocycles. The molecule has 1 unspecified atom stereocenters. The highest BCUT2D eigenvalue weighted by Gasteiger charge is 2.57. The van der Waals surface area contributed by atoms with Gasteiger partial charge in [-0.1, -0.05) is 37.3 Å². The number of carbonyl (C=O) groups is 1. The van der Waals surface area contributed by atoms with Crippen LogP contribution in [0.2, 0.25) is 0 Å². The van der Waals surface area contributed by atoms with Crippen molar-refractivity contribution in [1.29, 1.82) is 0 Å². The van der Waals surface area contributed by atoms with Crippen LogP contribution in [0.15, 0.2) is 34.7 Å². The third-order valence-corrected chi connectivity index (χ3v) is 5.10. The lowest BCUT2D eigenvalue weighted by Crippen LogP contribution is -2.54. The van der Waals surface area contributed by atoms with E-state index in [9.17, 15) is 13.2 Å². The number of amides is 1. The lowest BCUT2D eigenvalue weighted by Gasteiger charge is -2.38. The highest BCUT2D eigenvalue weighted by atomic mass is 32.2. The number of likely N-dealkylation sites (N-methyl/N-ethyl adjacent to an activating group) is 1. The third kappa shape index (κ3) is 2.67. The molecule has 1 aliphatic rings. The Kier molecular flexibility index (Phi) is 4.65. The molecule has 0 bridgehead atoms. The molecule has 2 rings (SSSR count). The van der Waals surface area contributed by atoms with Crippen LogP contribution in [0.4, 0.5) is 4.79 Å². The Hall–Kier alpha value is -2.09. The minimum atomic E-state index is -4.17. The molecule has 1 atom stereocenters. The molecule has 0 radical (unpaired) electrons. The maximum Gasteiger partial charge on any atom is 0.426 e. The molecule has 0 aliphatic carbocycles. The maximum atomic E-state index is 12.6. The summed E-state index contributed by atoms with van der Waals surface area (Å²) in [6.07, 6.45) is -0.578. The minimum absolute atomic E-state index is 0.0801. The van der Waals surface area contributed by atoms with Gasteiger partial charge in [-0.15, -0.1) is 4.40 Å². The number of nitrogens with zero attached hydrogens (tertiary/aromatic N) is 3. The third-order valence-electron chi connectivity index (χ3n) is 3.77. The Balaban J connectivity index is 2.75. The summed E-state index contributed by atoms with van der Waals surface area (Å²) in [6, 6.07) is 9.01. The molecule has 1 aromatic rings. The number of benzene rings is 1. The van der Waals surface area contributed by atoms with E-state index < -0.39 is 21.8 Å². The smallest absolute Gasteiger partial charge is 0.426 e. The van der Waals surface area contributed by atoms with E-state index in [-0.39, 0.29) is 6.61 Å². The Bertz CT molecular complexity index is 715. The first-order valence-electron chi connectivity index (χ1n) is 7.36. The predicted octanol–water partition coefficient (Wildman–Crippen LogP) is 1.97. The van der Waals surface area contributed by atoms with E-state index in [0.717, 1.165) is 4.31 Å². The molecule has 0 saturated heterocycles. The van der Waals surface area contributed by atoms with Crippen LogP contribution in [-0.2, 0) is 20.5 Å².